The van der Waals surface area contributed by atoms with Crippen LogP contribution in [0.5, 0.6) is 0 Å². The van der Waals surface area contributed by atoms with Gasteiger partial charge in [0.15, 0.2) is 0 Å². The average Bonchev–Trinajstić information content (AvgIpc) is 3.19. The van der Waals surface area contributed by atoms with E-state index >= 15 is 0 Å². The van der Waals surface area contributed by atoms with Crippen molar-refractivity contribution in [2.24, 2.45) is 0 Å². The summed E-state index contributed by atoms with van der Waals surface area (Å²) in [5, 5.41) is 11.5. The first-order valence-corrected chi connectivity index (χ1v) is 6.64. The number of rotatable bonds is 4. The fraction of sp³-hybridized carbons (Fsp3) is 0.833. The number of hydrogen-bond acceptors (Lipinski definition) is 3. The predicted molar refractivity (Wildman–Crippen MR) is 66.4 cm³/mol. The van der Waals surface area contributed by atoms with Gasteiger partial charge in [-0.15, -0.1) is 0 Å². The molecule has 102 valence electrons. The Morgan fingerprint density at radius 3 is 2.33 bits per heavy atom. The van der Waals surface area contributed by atoms with Gasteiger partial charge >= 0.3 is 12.0 Å². The summed E-state index contributed by atoms with van der Waals surface area (Å²) in [7, 11) is 0. The molecular weight excluding hydrogens is 234 g/mol. The molecule has 0 aromatic rings. The summed E-state index contributed by atoms with van der Waals surface area (Å²) in [4.78, 5) is 26.9. The molecule has 0 aromatic carbocycles. The first-order valence-electron chi connectivity index (χ1n) is 6.64. The molecule has 0 bridgehead atoms. The molecule has 1 aliphatic heterocycles. The fourth-order valence-electron chi connectivity index (χ4n) is 2.31. The minimum absolute atomic E-state index is 0.250. The van der Waals surface area contributed by atoms with E-state index in [1.165, 1.54) is 12.8 Å². The summed E-state index contributed by atoms with van der Waals surface area (Å²) in [5.41, 5.74) is 0. The quantitative estimate of drug-likeness (QED) is 0.760. The molecule has 2 rings (SSSR count). The maximum absolute atomic E-state index is 11.9. The van der Waals surface area contributed by atoms with Gasteiger partial charge in [-0.05, 0) is 19.3 Å². The Morgan fingerprint density at radius 2 is 1.89 bits per heavy atom. The van der Waals surface area contributed by atoms with Crippen molar-refractivity contribution in [2.45, 2.75) is 38.3 Å². The lowest BCUT2D eigenvalue weighted by Gasteiger charge is -2.35. The lowest BCUT2D eigenvalue weighted by molar-refractivity contribution is -0.139. The van der Waals surface area contributed by atoms with Crippen LogP contribution in [0.3, 0.4) is 0 Å². The lowest BCUT2D eigenvalue weighted by atomic mass is 10.2. The van der Waals surface area contributed by atoms with Crippen molar-refractivity contribution in [2.75, 3.05) is 26.2 Å². The molecule has 6 nitrogen and oxygen atoms in total. The molecule has 6 heteroatoms. The van der Waals surface area contributed by atoms with Crippen LogP contribution in [0.25, 0.3) is 0 Å². The maximum Gasteiger partial charge on any atom is 0.326 e. The van der Waals surface area contributed by atoms with E-state index in [1.807, 2.05) is 0 Å². The third-order valence-electron chi connectivity index (χ3n) is 3.67. The van der Waals surface area contributed by atoms with Crippen LogP contribution in [0.2, 0.25) is 0 Å². The standard InChI is InChI=1S/C12H21N3O3/c1-2-10(11(16)17)13-12(18)15-7-5-14(6-8-15)9-3-4-9/h9-10H,2-8H2,1H3,(H,13,18)(H,16,17). The van der Waals surface area contributed by atoms with Gasteiger partial charge in [0.05, 0.1) is 0 Å². The third-order valence-corrected chi connectivity index (χ3v) is 3.67. The van der Waals surface area contributed by atoms with E-state index in [9.17, 15) is 9.59 Å². The monoisotopic (exact) mass is 255 g/mol. The molecule has 2 N–H and O–H groups in total. The Balaban J connectivity index is 1.77. The van der Waals surface area contributed by atoms with Crippen LogP contribution in [0, 0.1) is 0 Å². The van der Waals surface area contributed by atoms with Gasteiger partial charge in [0, 0.05) is 32.2 Å². The molecule has 1 unspecified atom stereocenters. The van der Waals surface area contributed by atoms with Gasteiger partial charge in [-0.25, -0.2) is 9.59 Å². The maximum atomic E-state index is 11.9. The highest BCUT2D eigenvalue weighted by Gasteiger charge is 2.32. The van der Waals surface area contributed by atoms with Crippen LogP contribution in [0.1, 0.15) is 26.2 Å². The summed E-state index contributed by atoms with van der Waals surface area (Å²) in [6, 6.07) is -0.295. The predicted octanol–water partition coefficient (Wildman–Crippen LogP) is 0.339. The van der Waals surface area contributed by atoms with Crippen molar-refractivity contribution < 1.29 is 14.7 Å². The Bertz CT molecular complexity index is 323. The van der Waals surface area contributed by atoms with Gasteiger partial charge in [-0.3, -0.25) is 4.90 Å². The molecule has 1 heterocycles. The minimum atomic E-state index is -0.970. The van der Waals surface area contributed by atoms with E-state index in [2.05, 4.69) is 10.2 Å². The molecule has 0 spiro atoms. The van der Waals surface area contributed by atoms with E-state index < -0.39 is 12.0 Å². The number of urea groups is 1. The number of carbonyl (C=O) groups is 2. The normalized spacial score (nSPS) is 22.6. The zero-order valence-electron chi connectivity index (χ0n) is 10.8. The molecule has 2 amide bonds. The lowest BCUT2D eigenvalue weighted by Crippen LogP contribution is -2.54. The molecule has 1 saturated carbocycles. The fourth-order valence-corrected chi connectivity index (χ4v) is 2.31. The second-order valence-corrected chi connectivity index (χ2v) is 5.00. The van der Waals surface area contributed by atoms with Crippen molar-refractivity contribution in [1.29, 1.82) is 0 Å². The van der Waals surface area contributed by atoms with Gasteiger partial charge < -0.3 is 15.3 Å². The number of piperazine rings is 1. The van der Waals surface area contributed by atoms with Crippen LogP contribution in [-0.2, 0) is 4.79 Å². The second kappa shape index (κ2) is 5.56. The first kappa shape index (κ1) is 13.1. The molecule has 0 aromatic heterocycles. The van der Waals surface area contributed by atoms with Crippen molar-refractivity contribution in [3.05, 3.63) is 0 Å². The Morgan fingerprint density at radius 1 is 1.28 bits per heavy atom. The molecule has 18 heavy (non-hydrogen) atoms. The summed E-state index contributed by atoms with van der Waals surface area (Å²) >= 11 is 0. The number of aliphatic carboxylic acids is 1. The number of hydrogen-bond donors (Lipinski definition) is 2. The van der Waals surface area contributed by atoms with Gasteiger partial charge in [0.1, 0.15) is 6.04 Å². The van der Waals surface area contributed by atoms with E-state index in [0.717, 1.165) is 19.1 Å². The summed E-state index contributed by atoms with van der Waals surface area (Å²) in [5.74, 6) is -0.970. The smallest absolute Gasteiger partial charge is 0.326 e. The number of carboxylic acids is 1. The van der Waals surface area contributed by atoms with Gasteiger partial charge in [0.2, 0.25) is 0 Å². The Labute approximate surface area is 107 Å². The highest BCUT2D eigenvalue weighted by Crippen LogP contribution is 2.27. The van der Waals surface area contributed by atoms with Crippen molar-refractivity contribution in [3.8, 4) is 0 Å². The number of amides is 2. The number of nitrogens with one attached hydrogen (secondary N) is 1. The van der Waals surface area contributed by atoms with E-state index in [1.54, 1.807) is 11.8 Å². The van der Waals surface area contributed by atoms with Gasteiger partial charge in [0.25, 0.3) is 0 Å². The molecule has 2 fully saturated rings. The van der Waals surface area contributed by atoms with Gasteiger partial charge in [-0.2, -0.15) is 0 Å². The number of carboxylic acid groups (broad SMARTS) is 1. The molecule has 2 aliphatic rings. The van der Waals surface area contributed by atoms with Crippen molar-refractivity contribution in [1.82, 2.24) is 15.1 Å². The van der Waals surface area contributed by atoms with Crippen LogP contribution in [-0.4, -0.2) is 65.2 Å². The second-order valence-electron chi connectivity index (χ2n) is 5.00. The Hall–Kier alpha value is -1.30. The largest absolute Gasteiger partial charge is 0.480 e. The molecule has 0 radical (unpaired) electrons. The summed E-state index contributed by atoms with van der Waals surface area (Å²) < 4.78 is 0. The summed E-state index contributed by atoms with van der Waals surface area (Å²) in [6.07, 6.45) is 2.97. The van der Waals surface area contributed by atoms with Gasteiger partial charge in [-0.1, -0.05) is 6.92 Å². The SMILES string of the molecule is CCC(NC(=O)N1CCN(C2CC2)CC1)C(=O)O. The summed E-state index contributed by atoms with van der Waals surface area (Å²) in [6.45, 7) is 4.95. The highest BCUT2D eigenvalue weighted by molar-refractivity contribution is 5.82. The zero-order chi connectivity index (χ0) is 13.1. The van der Waals surface area contributed by atoms with Crippen LogP contribution < -0.4 is 5.32 Å². The first-order chi connectivity index (χ1) is 8.61. The van der Waals surface area contributed by atoms with Crippen molar-refractivity contribution >= 4 is 12.0 Å². The number of carbonyl (C=O) groups excluding carboxylic acids is 1. The number of nitrogens with zero attached hydrogens (tertiary/aromatic N) is 2. The van der Waals surface area contributed by atoms with E-state index in [4.69, 9.17) is 5.11 Å². The minimum Gasteiger partial charge on any atom is -0.480 e. The Kier molecular flexibility index (Phi) is 4.06. The molecule has 1 atom stereocenters. The van der Waals surface area contributed by atoms with Crippen molar-refractivity contribution in [3.63, 3.8) is 0 Å². The van der Waals surface area contributed by atoms with Crippen LogP contribution >= 0.6 is 0 Å². The van der Waals surface area contributed by atoms with E-state index in [0.29, 0.717) is 19.5 Å². The topological polar surface area (TPSA) is 72.9 Å². The highest BCUT2D eigenvalue weighted by atomic mass is 16.4. The molecular formula is C12H21N3O3. The zero-order valence-corrected chi connectivity index (χ0v) is 10.8. The molecule has 1 aliphatic carbocycles. The van der Waals surface area contributed by atoms with Crippen LogP contribution in [0.15, 0.2) is 0 Å². The molecule has 1 saturated heterocycles. The average molecular weight is 255 g/mol. The third kappa shape index (κ3) is 3.13. The van der Waals surface area contributed by atoms with E-state index in [-0.39, 0.29) is 6.03 Å². The van der Waals surface area contributed by atoms with Crippen LogP contribution in [0.4, 0.5) is 4.79 Å².